The highest BCUT2D eigenvalue weighted by atomic mass is 35.5. The average Bonchev–Trinajstić information content (AvgIpc) is 2.17. The molecule has 1 rings (SSSR count). The summed E-state index contributed by atoms with van der Waals surface area (Å²) in [5.74, 6) is 0. The number of halogens is 1. The minimum atomic E-state index is 0.487. The van der Waals surface area contributed by atoms with Gasteiger partial charge in [-0.05, 0) is 12.1 Å². The molecule has 0 aromatic heterocycles. The predicted molar refractivity (Wildman–Crippen MR) is 59.6 cm³/mol. The fourth-order valence-corrected chi connectivity index (χ4v) is 1.45. The van der Waals surface area contributed by atoms with Crippen molar-refractivity contribution in [1.82, 2.24) is 0 Å². The quantitative estimate of drug-likeness (QED) is 0.712. The predicted octanol–water partition coefficient (Wildman–Crippen LogP) is 2.83. The first-order valence-corrected chi connectivity index (χ1v) is 4.59. The Hall–Kier alpha value is -1.46. The van der Waals surface area contributed by atoms with Gasteiger partial charge >= 0.3 is 0 Å². The second kappa shape index (κ2) is 4.69. The monoisotopic (exact) mass is 206 g/mol. The summed E-state index contributed by atoms with van der Waals surface area (Å²) >= 11 is 5.90. The Kier molecular flexibility index (Phi) is 3.55. The van der Waals surface area contributed by atoms with E-state index in [1.807, 2.05) is 24.1 Å². The number of nitrogens with zero attached hydrogens (tertiary/aromatic N) is 2. The molecule has 0 bridgehead atoms. The summed E-state index contributed by atoms with van der Waals surface area (Å²) in [4.78, 5) is 1.93. The highest BCUT2D eigenvalue weighted by molar-refractivity contribution is 6.32. The van der Waals surface area contributed by atoms with Gasteiger partial charge in [-0.15, -0.1) is 6.58 Å². The van der Waals surface area contributed by atoms with Gasteiger partial charge in [0.1, 0.15) is 6.07 Å². The molecule has 0 aliphatic rings. The van der Waals surface area contributed by atoms with Gasteiger partial charge in [0.15, 0.2) is 0 Å². The van der Waals surface area contributed by atoms with Gasteiger partial charge in [-0.2, -0.15) is 5.26 Å². The SMILES string of the molecule is C=CCN(C)c1cccc(Cl)c1C#N. The third-order valence-corrected chi connectivity index (χ3v) is 2.23. The van der Waals surface area contributed by atoms with Crippen LogP contribution >= 0.6 is 11.6 Å². The minimum absolute atomic E-state index is 0.487. The van der Waals surface area contributed by atoms with Crippen molar-refractivity contribution in [2.24, 2.45) is 0 Å². The summed E-state index contributed by atoms with van der Waals surface area (Å²) < 4.78 is 0. The van der Waals surface area contributed by atoms with Crippen molar-refractivity contribution in [2.75, 3.05) is 18.5 Å². The van der Waals surface area contributed by atoms with Crippen molar-refractivity contribution in [3.05, 3.63) is 41.4 Å². The fraction of sp³-hybridized carbons (Fsp3) is 0.182. The van der Waals surface area contributed by atoms with Crippen LogP contribution in [0.1, 0.15) is 5.56 Å². The number of rotatable bonds is 3. The Bertz CT molecular complexity index is 379. The molecule has 2 nitrogen and oxygen atoms in total. The maximum atomic E-state index is 8.93. The van der Waals surface area contributed by atoms with Crippen molar-refractivity contribution in [1.29, 1.82) is 5.26 Å². The third kappa shape index (κ3) is 2.07. The second-order valence-electron chi connectivity index (χ2n) is 2.91. The van der Waals surface area contributed by atoms with Crippen molar-refractivity contribution in [3.8, 4) is 6.07 Å². The Morgan fingerprint density at radius 2 is 2.36 bits per heavy atom. The number of likely N-dealkylation sites (N-methyl/N-ethyl adjacent to an activating group) is 1. The van der Waals surface area contributed by atoms with Gasteiger partial charge in [0.25, 0.3) is 0 Å². The summed E-state index contributed by atoms with van der Waals surface area (Å²) in [7, 11) is 1.90. The van der Waals surface area contributed by atoms with E-state index in [0.29, 0.717) is 17.1 Å². The highest BCUT2D eigenvalue weighted by Crippen LogP contribution is 2.25. The van der Waals surface area contributed by atoms with Crippen LogP contribution in [0.2, 0.25) is 5.02 Å². The third-order valence-electron chi connectivity index (χ3n) is 1.92. The maximum Gasteiger partial charge on any atom is 0.103 e. The molecule has 0 unspecified atom stereocenters. The van der Waals surface area contributed by atoms with E-state index in [9.17, 15) is 0 Å². The van der Waals surface area contributed by atoms with Crippen LogP contribution in [0.4, 0.5) is 5.69 Å². The van der Waals surface area contributed by atoms with E-state index < -0.39 is 0 Å². The summed E-state index contributed by atoms with van der Waals surface area (Å²) in [5, 5.41) is 9.42. The molecule has 14 heavy (non-hydrogen) atoms. The van der Waals surface area contributed by atoms with Crippen LogP contribution in [0.25, 0.3) is 0 Å². The molecule has 0 heterocycles. The Labute approximate surface area is 89.0 Å². The lowest BCUT2D eigenvalue weighted by molar-refractivity contribution is 1.03. The lowest BCUT2D eigenvalue weighted by atomic mass is 10.2. The van der Waals surface area contributed by atoms with Crippen molar-refractivity contribution < 1.29 is 0 Å². The summed E-state index contributed by atoms with van der Waals surface area (Å²) in [6.07, 6.45) is 1.78. The van der Waals surface area contributed by atoms with E-state index in [0.717, 1.165) is 5.69 Å². The summed E-state index contributed by atoms with van der Waals surface area (Å²) in [6, 6.07) is 7.51. The van der Waals surface area contributed by atoms with E-state index in [1.165, 1.54) is 0 Å². The van der Waals surface area contributed by atoms with Crippen LogP contribution in [-0.4, -0.2) is 13.6 Å². The van der Waals surface area contributed by atoms with E-state index in [1.54, 1.807) is 12.1 Å². The Morgan fingerprint density at radius 1 is 1.64 bits per heavy atom. The molecule has 0 radical (unpaired) electrons. The fourth-order valence-electron chi connectivity index (χ4n) is 1.23. The van der Waals surface area contributed by atoms with Crippen LogP contribution in [0.5, 0.6) is 0 Å². The van der Waals surface area contributed by atoms with E-state index >= 15 is 0 Å². The first-order valence-electron chi connectivity index (χ1n) is 4.21. The zero-order valence-corrected chi connectivity index (χ0v) is 8.75. The van der Waals surface area contributed by atoms with Gasteiger partial charge in [0.05, 0.1) is 16.3 Å². The smallest absolute Gasteiger partial charge is 0.103 e. The van der Waals surface area contributed by atoms with Gasteiger partial charge in [0, 0.05) is 13.6 Å². The molecule has 0 saturated heterocycles. The summed E-state index contributed by atoms with van der Waals surface area (Å²) in [6.45, 7) is 4.34. The molecule has 0 amide bonds. The number of hydrogen-bond acceptors (Lipinski definition) is 2. The lowest BCUT2D eigenvalue weighted by Gasteiger charge is -2.18. The van der Waals surface area contributed by atoms with Crippen molar-refractivity contribution in [2.45, 2.75) is 0 Å². The maximum absolute atomic E-state index is 8.93. The van der Waals surface area contributed by atoms with Gasteiger partial charge in [-0.25, -0.2) is 0 Å². The van der Waals surface area contributed by atoms with Crippen LogP contribution < -0.4 is 4.90 Å². The van der Waals surface area contributed by atoms with Gasteiger partial charge in [-0.1, -0.05) is 23.7 Å². The van der Waals surface area contributed by atoms with Gasteiger partial charge in [-0.3, -0.25) is 0 Å². The van der Waals surface area contributed by atoms with Gasteiger partial charge < -0.3 is 4.90 Å². The van der Waals surface area contributed by atoms with E-state index in [2.05, 4.69) is 12.6 Å². The summed E-state index contributed by atoms with van der Waals surface area (Å²) in [5.41, 5.74) is 1.35. The molecule has 0 fully saturated rings. The van der Waals surface area contributed by atoms with Crippen LogP contribution in [-0.2, 0) is 0 Å². The molecule has 0 aliphatic carbocycles. The molecule has 3 heteroatoms. The molecule has 0 atom stereocenters. The molecular formula is C11H11ClN2. The molecule has 1 aromatic carbocycles. The molecule has 0 N–H and O–H groups in total. The standard InChI is InChI=1S/C11H11ClN2/c1-3-7-14(2)11-6-4-5-10(12)9(11)8-13/h3-6H,1,7H2,2H3. The normalized spacial score (nSPS) is 9.21. The molecule has 0 spiro atoms. The van der Waals surface area contributed by atoms with Crippen LogP contribution in [0.3, 0.4) is 0 Å². The highest BCUT2D eigenvalue weighted by Gasteiger charge is 2.08. The Balaban J connectivity index is 3.14. The minimum Gasteiger partial charge on any atom is -0.370 e. The molecule has 0 aliphatic heterocycles. The first-order chi connectivity index (χ1) is 6.70. The topological polar surface area (TPSA) is 27.0 Å². The molecule has 72 valence electrons. The molecule has 1 aromatic rings. The largest absolute Gasteiger partial charge is 0.370 e. The lowest BCUT2D eigenvalue weighted by Crippen LogP contribution is -2.17. The number of benzene rings is 1. The van der Waals surface area contributed by atoms with Crippen LogP contribution in [0, 0.1) is 11.3 Å². The molecule has 0 saturated carbocycles. The first kappa shape index (κ1) is 10.6. The van der Waals surface area contributed by atoms with Gasteiger partial charge in [0.2, 0.25) is 0 Å². The number of anilines is 1. The van der Waals surface area contributed by atoms with E-state index in [-0.39, 0.29) is 0 Å². The van der Waals surface area contributed by atoms with E-state index in [4.69, 9.17) is 16.9 Å². The van der Waals surface area contributed by atoms with Crippen LogP contribution in [0.15, 0.2) is 30.9 Å². The average molecular weight is 207 g/mol. The zero-order chi connectivity index (χ0) is 10.6. The number of hydrogen-bond donors (Lipinski definition) is 0. The molecular weight excluding hydrogens is 196 g/mol. The second-order valence-corrected chi connectivity index (χ2v) is 3.32. The van der Waals surface area contributed by atoms with Crippen molar-refractivity contribution in [3.63, 3.8) is 0 Å². The zero-order valence-electron chi connectivity index (χ0n) is 8.00. The number of nitriles is 1. The van der Waals surface area contributed by atoms with Crippen molar-refractivity contribution >= 4 is 17.3 Å². The Morgan fingerprint density at radius 3 is 2.93 bits per heavy atom.